The van der Waals surface area contributed by atoms with Crippen molar-refractivity contribution in [3.63, 3.8) is 0 Å². The zero-order valence-electron chi connectivity index (χ0n) is 13.9. The number of para-hydroxylation sites is 2. The van der Waals surface area contributed by atoms with Gasteiger partial charge in [0.2, 0.25) is 0 Å². The summed E-state index contributed by atoms with van der Waals surface area (Å²) in [5.74, 6) is 0.0665. The first-order valence-electron chi connectivity index (χ1n) is 8.01. The topological polar surface area (TPSA) is 64.6 Å². The molecule has 5 nitrogen and oxygen atoms in total. The molecular formula is C20H15NO4S. The molecule has 0 aliphatic carbocycles. The summed E-state index contributed by atoms with van der Waals surface area (Å²) < 4.78 is 10.5. The van der Waals surface area contributed by atoms with E-state index < -0.39 is 5.97 Å². The summed E-state index contributed by atoms with van der Waals surface area (Å²) >= 11 is 1.42. The average Bonchev–Trinajstić information content (AvgIpc) is 3.13. The summed E-state index contributed by atoms with van der Waals surface area (Å²) in [6, 6.07) is 16.4. The Hall–Kier alpha value is -3.12. The molecule has 0 spiro atoms. The van der Waals surface area contributed by atoms with Gasteiger partial charge >= 0.3 is 5.97 Å². The van der Waals surface area contributed by atoms with Crippen molar-refractivity contribution in [2.45, 2.75) is 6.61 Å². The van der Waals surface area contributed by atoms with Gasteiger partial charge < -0.3 is 14.8 Å². The molecular weight excluding hydrogens is 350 g/mol. The number of hydrogen-bond acceptors (Lipinski definition) is 5. The van der Waals surface area contributed by atoms with Gasteiger partial charge in [0.15, 0.2) is 0 Å². The molecule has 1 N–H and O–H groups in total. The Morgan fingerprint density at radius 1 is 1.12 bits per heavy atom. The highest BCUT2D eigenvalue weighted by atomic mass is 32.1. The summed E-state index contributed by atoms with van der Waals surface area (Å²) in [6.07, 6.45) is 0. The van der Waals surface area contributed by atoms with Crippen molar-refractivity contribution >= 4 is 28.9 Å². The third-order valence-corrected chi connectivity index (χ3v) is 5.34. The highest BCUT2D eigenvalue weighted by Crippen LogP contribution is 2.42. The number of carbonyl (C=O) groups is 2. The van der Waals surface area contributed by atoms with Crippen LogP contribution in [0.3, 0.4) is 0 Å². The van der Waals surface area contributed by atoms with Gasteiger partial charge in [0, 0.05) is 16.0 Å². The monoisotopic (exact) mass is 365 g/mol. The van der Waals surface area contributed by atoms with Crippen LogP contribution in [0.15, 0.2) is 54.6 Å². The number of amides is 1. The first-order valence-corrected chi connectivity index (χ1v) is 8.82. The van der Waals surface area contributed by atoms with Gasteiger partial charge in [0.25, 0.3) is 5.91 Å². The molecule has 1 aliphatic rings. The number of carbonyl (C=O) groups excluding carboxylic acids is 2. The van der Waals surface area contributed by atoms with Crippen LogP contribution >= 0.6 is 11.3 Å². The summed E-state index contributed by atoms with van der Waals surface area (Å²) in [6.45, 7) is 0.439. The zero-order valence-corrected chi connectivity index (χ0v) is 14.8. The lowest BCUT2D eigenvalue weighted by Crippen LogP contribution is -2.14. The molecule has 0 atom stereocenters. The number of nitrogens with one attached hydrogen (secondary N) is 1. The molecule has 1 amide bonds. The second-order valence-electron chi connectivity index (χ2n) is 5.74. The van der Waals surface area contributed by atoms with Crippen LogP contribution in [0.4, 0.5) is 5.69 Å². The van der Waals surface area contributed by atoms with Crippen molar-refractivity contribution in [3.05, 3.63) is 70.6 Å². The molecule has 0 radical (unpaired) electrons. The second-order valence-corrected chi connectivity index (χ2v) is 6.79. The van der Waals surface area contributed by atoms with E-state index in [9.17, 15) is 9.59 Å². The Kier molecular flexibility index (Phi) is 4.18. The number of hydrogen-bond donors (Lipinski definition) is 1. The molecule has 0 fully saturated rings. The fraction of sp³-hybridized carbons (Fsp3) is 0.100. The molecule has 6 heteroatoms. The Labute approximate surface area is 154 Å². The first kappa shape index (κ1) is 16.4. The lowest BCUT2D eigenvalue weighted by atomic mass is 10.1. The Bertz CT molecular complexity index is 1010. The third-order valence-electron chi connectivity index (χ3n) is 4.13. The number of esters is 1. The van der Waals surface area contributed by atoms with Crippen molar-refractivity contribution in [1.82, 2.24) is 0 Å². The highest BCUT2D eigenvalue weighted by molar-refractivity contribution is 7.17. The fourth-order valence-corrected chi connectivity index (χ4v) is 3.97. The van der Waals surface area contributed by atoms with E-state index in [1.165, 1.54) is 18.4 Å². The van der Waals surface area contributed by atoms with Crippen molar-refractivity contribution in [3.8, 4) is 16.2 Å². The molecule has 26 heavy (non-hydrogen) atoms. The zero-order chi connectivity index (χ0) is 18.1. The van der Waals surface area contributed by atoms with Gasteiger partial charge in [-0.1, -0.05) is 24.3 Å². The van der Waals surface area contributed by atoms with E-state index in [2.05, 4.69) is 5.32 Å². The van der Waals surface area contributed by atoms with Crippen LogP contribution in [0, 0.1) is 0 Å². The van der Waals surface area contributed by atoms with Gasteiger partial charge in [-0.3, -0.25) is 4.79 Å². The average molecular weight is 365 g/mol. The molecule has 2 aromatic carbocycles. The number of fused-ring (bicyclic) bond motifs is 3. The molecule has 4 rings (SSSR count). The van der Waals surface area contributed by atoms with Crippen LogP contribution < -0.4 is 10.1 Å². The van der Waals surface area contributed by atoms with Crippen molar-refractivity contribution < 1.29 is 19.1 Å². The molecule has 0 bridgehead atoms. The highest BCUT2D eigenvalue weighted by Gasteiger charge is 2.23. The van der Waals surface area contributed by atoms with Crippen LogP contribution in [-0.2, 0) is 11.3 Å². The maximum Gasteiger partial charge on any atom is 0.339 e. The van der Waals surface area contributed by atoms with E-state index >= 15 is 0 Å². The van der Waals surface area contributed by atoms with E-state index in [0.29, 0.717) is 22.7 Å². The summed E-state index contributed by atoms with van der Waals surface area (Å²) in [5, 5.41) is 2.80. The predicted molar refractivity (Wildman–Crippen MR) is 99.8 cm³/mol. The van der Waals surface area contributed by atoms with Crippen molar-refractivity contribution in [2.24, 2.45) is 0 Å². The standard InChI is InChI=1S/C20H15NO4S/c1-24-20(23)13-6-2-4-8-15(13)21-19(22)17-10-12-11-25-16-9-5-3-7-14(16)18(12)26-17/h2-10H,11H2,1H3,(H,21,22). The SMILES string of the molecule is COC(=O)c1ccccc1NC(=O)c1cc2c(s1)-c1ccccc1OC2. The smallest absolute Gasteiger partial charge is 0.339 e. The van der Waals surface area contributed by atoms with Gasteiger partial charge in [-0.25, -0.2) is 4.79 Å². The Morgan fingerprint density at radius 2 is 1.88 bits per heavy atom. The van der Waals surface area contributed by atoms with Crippen LogP contribution in [0.5, 0.6) is 5.75 Å². The first-order chi connectivity index (χ1) is 12.7. The number of anilines is 1. The van der Waals surface area contributed by atoms with Crippen LogP contribution in [0.1, 0.15) is 25.6 Å². The van der Waals surface area contributed by atoms with E-state index in [1.807, 2.05) is 30.3 Å². The minimum atomic E-state index is -0.492. The maximum absolute atomic E-state index is 12.7. The lowest BCUT2D eigenvalue weighted by Gasteiger charge is -2.16. The van der Waals surface area contributed by atoms with E-state index in [-0.39, 0.29) is 5.91 Å². The number of rotatable bonds is 3. The molecule has 1 aromatic heterocycles. The molecule has 0 saturated carbocycles. The second kappa shape index (κ2) is 6.65. The molecule has 0 unspecified atom stereocenters. The summed E-state index contributed by atoms with van der Waals surface area (Å²) in [4.78, 5) is 26.2. The van der Waals surface area contributed by atoms with Crippen LogP contribution in [0.25, 0.3) is 10.4 Å². The van der Waals surface area contributed by atoms with E-state index in [0.717, 1.165) is 21.8 Å². The summed E-state index contributed by atoms with van der Waals surface area (Å²) in [7, 11) is 1.31. The van der Waals surface area contributed by atoms with Gasteiger partial charge in [0.05, 0.1) is 23.2 Å². The molecule has 0 saturated heterocycles. The van der Waals surface area contributed by atoms with Crippen LogP contribution in [0.2, 0.25) is 0 Å². The Morgan fingerprint density at radius 3 is 2.73 bits per heavy atom. The maximum atomic E-state index is 12.7. The number of methoxy groups -OCH3 is 1. The predicted octanol–water partition coefficient (Wildman–Crippen LogP) is 4.35. The van der Waals surface area contributed by atoms with Gasteiger partial charge in [-0.05, 0) is 30.3 Å². The number of ether oxygens (including phenoxy) is 2. The van der Waals surface area contributed by atoms with E-state index in [1.54, 1.807) is 24.3 Å². The van der Waals surface area contributed by atoms with Gasteiger partial charge in [-0.2, -0.15) is 0 Å². The number of benzene rings is 2. The van der Waals surface area contributed by atoms with Gasteiger partial charge in [-0.15, -0.1) is 11.3 Å². The minimum Gasteiger partial charge on any atom is -0.488 e. The number of thiophene rings is 1. The third kappa shape index (κ3) is 2.84. The quantitative estimate of drug-likeness (QED) is 0.701. The van der Waals surface area contributed by atoms with Gasteiger partial charge in [0.1, 0.15) is 12.4 Å². The summed E-state index contributed by atoms with van der Waals surface area (Å²) in [5.41, 5.74) is 2.72. The molecule has 2 heterocycles. The lowest BCUT2D eigenvalue weighted by molar-refractivity contribution is 0.0602. The van der Waals surface area contributed by atoms with Crippen molar-refractivity contribution in [2.75, 3.05) is 12.4 Å². The molecule has 130 valence electrons. The molecule has 1 aliphatic heterocycles. The largest absolute Gasteiger partial charge is 0.488 e. The van der Waals surface area contributed by atoms with Crippen LogP contribution in [-0.4, -0.2) is 19.0 Å². The molecule has 3 aromatic rings. The Balaban J connectivity index is 1.64. The van der Waals surface area contributed by atoms with E-state index in [4.69, 9.17) is 9.47 Å². The normalized spacial score (nSPS) is 11.7. The van der Waals surface area contributed by atoms with Crippen molar-refractivity contribution in [1.29, 1.82) is 0 Å². The minimum absolute atomic E-state index is 0.266. The fourth-order valence-electron chi connectivity index (χ4n) is 2.88.